The summed E-state index contributed by atoms with van der Waals surface area (Å²) in [6, 6.07) is 16.8. The van der Waals surface area contributed by atoms with Crippen LogP contribution in [0.15, 0.2) is 54.6 Å². The van der Waals surface area contributed by atoms with Crippen LogP contribution >= 0.6 is 0 Å². The molecule has 0 bridgehead atoms. The zero-order valence-electron chi connectivity index (χ0n) is 18.1. The van der Waals surface area contributed by atoms with Crippen molar-refractivity contribution in [1.29, 1.82) is 0 Å². The van der Waals surface area contributed by atoms with E-state index in [-0.39, 0.29) is 18.0 Å². The third-order valence-corrected chi connectivity index (χ3v) is 5.06. The molecule has 30 heavy (non-hydrogen) atoms. The van der Waals surface area contributed by atoms with Crippen LogP contribution in [0, 0.1) is 0 Å². The van der Waals surface area contributed by atoms with Gasteiger partial charge in [-0.25, -0.2) is 4.79 Å². The number of likely N-dealkylation sites (tertiary alicyclic amines) is 1. The molecule has 1 fully saturated rings. The minimum absolute atomic E-state index is 0.0306. The molecule has 0 spiro atoms. The number of para-hydroxylation sites is 1. The van der Waals surface area contributed by atoms with Gasteiger partial charge in [0.2, 0.25) is 0 Å². The lowest BCUT2D eigenvalue weighted by Gasteiger charge is -2.37. The van der Waals surface area contributed by atoms with E-state index in [1.807, 2.05) is 58.2 Å². The number of nitrogens with zero attached hydrogens (tertiary/aromatic N) is 2. The van der Waals surface area contributed by atoms with Crippen LogP contribution < -0.4 is 4.74 Å². The Morgan fingerprint density at radius 3 is 2.07 bits per heavy atom. The largest absolute Gasteiger partial charge is 0.457 e. The Labute approximate surface area is 178 Å². The fraction of sp³-hybridized carbons (Fsp3) is 0.417. The molecule has 6 nitrogen and oxygen atoms in total. The van der Waals surface area contributed by atoms with Crippen LogP contribution in [0.2, 0.25) is 0 Å². The van der Waals surface area contributed by atoms with E-state index in [0.717, 1.165) is 18.6 Å². The van der Waals surface area contributed by atoms with Gasteiger partial charge >= 0.3 is 6.09 Å². The lowest BCUT2D eigenvalue weighted by molar-refractivity contribution is 0.0160. The predicted molar refractivity (Wildman–Crippen MR) is 116 cm³/mol. The molecule has 6 heteroatoms. The summed E-state index contributed by atoms with van der Waals surface area (Å²) >= 11 is 0. The van der Waals surface area contributed by atoms with Crippen molar-refractivity contribution >= 4 is 12.0 Å². The molecule has 2 amide bonds. The Bertz CT molecular complexity index is 851. The first-order valence-corrected chi connectivity index (χ1v) is 10.3. The molecule has 0 unspecified atom stereocenters. The first-order chi connectivity index (χ1) is 14.2. The maximum absolute atomic E-state index is 12.9. The fourth-order valence-electron chi connectivity index (χ4n) is 3.42. The maximum atomic E-state index is 12.9. The molecule has 0 N–H and O–H groups in total. The van der Waals surface area contributed by atoms with E-state index in [1.165, 1.54) is 0 Å². The van der Waals surface area contributed by atoms with E-state index in [1.54, 1.807) is 34.1 Å². The molecule has 1 saturated heterocycles. The molecule has 0 radical (unpaired) electrons. The Morgan fingerprint density at radius 2 is 1.50 bits per heavy atom. The minimum Gasteiger partial charge on any atom is -0.457 e. The van der Waals surface area contributed by atoms with Gasteiger partial charge in [-0.1, -0.05) is 18.2 Å². The molecule has 0 aromatic heterocycles. The van der Waals surface area contributed by atoms with E-state index in [0.29, 0.717) is 24.4 Å². The predicted octanol–water partition coefficient (Wildman–Crippen LogP) is 4.95. The van der Waals surface area contributed by atoms with Crippen molar-refractivity contribution in [2.24, 2.45) is 0 Å². The summed E-state index contributed by atoms with van der Waals surface area (Å²) in [4.78, 5) is 28.6. The van der Waals surface area contributed by atoms with E-state index >= 15 is 0 Å². The summed E-state index contributed by atoms with van der Waals surface area (Å²) < 4.78 is 11.2. The van der Waals surface area contributed by atoms with Crippen LogP contribution in [-0.4, -0.2) is 53.6 Å². The van der Waals surface area contributed by atoms with Gasteiger partial charge in [0.1, 0.15) is 17.1 Å². The van der Waals surface area contributed by atoms with Gasteiger partial charge in [0.05, 0.1) is 0 Å². The van der Waals surface area contributed by atoms with E-state index in [9.17, 15) is 9.59 Å². The second kappa shape index (κ2) is 9.20. The van der Waals surface area contributed by atoms with Crippen molar-refractivity contribution in [3.63, 3.8) is 0 Å². The molecule has 1 heterocycles. The van der Waals surface area contributed by atoms with Gasteiger partial charge in [-0.3, -0.25) is 4.79 Å². The molecule has 0 aliphatic carbocycles. The molecule has 160 valence electrons. The zero-order valence-corrected chi connectivity index (χ0v) is 18.1. The number of hydrogen-bond acceptors (Lipinski definition) is 4. The normalized spacial score (nSPS) is 14.9. The van der Waals surface area contributed by atoms with Gasteiger partial charge < -0.3 is 19.3 Å². The Hall–Kier alpha value is -3.02. The summed E-state index contributed by atoms with van der Waals surface area (Å²) in [5.41, 5.74) is 0.115. The van der Waals surface area contributed by atoms with Gasteiger partial charge in [0.25, 0.3) is 5.91 Å². The molecule has 0 saturated carbocycles. The quantitative estimate of drug-likeness (QED) is 0.716. The summed E-state index contributed by atoms with van der Waals surface area (Å²) in [6.45, 7) is 6.75. The SMILES string of the molecule is CN(C(=O)c1ccc(Oc2ccccc2)cc1)C1CCN(C(=O)OC(C)(C)C)CC1. The summed E-state index contributed by atoms with van der Waals surface area (Å²) in [6.07, 6.45) is 1.18. The van der Waals surface area contributed by atoms with Crippen molar-refractivity contribution < 1.29 is 19.1 Å². The number of ether oxygens (including phenoxy) is 2. The highest BCUT2D eigenvalue weighted by Gasteiger charge is 2.30. The topological polar surface area (TPSA) is 59.1 Å². The molecular formula is C24H30N2O4. The molecular weight excluding hydrogens is 380 g/mol. The first kappa shape index (κ1) is 21.7. The number of hydrogen-bond donors (Lipinski definition) is 0. The van der Waals surface area contributed by atoms with Gasteiger partial charge in [-0.05, 0) is 70.0 Å². The monoisotopic (exact) mass is 410 g/mol. The average Bonchev–Trinajstić information content (AvgIpc) is 2.73. The van der Waals surface area contributed by atoms with Crippen LogP contribution in [0.3, 0.4) is 0 Å². The van der Waals surface area contributed by atoms with Crippen LogP contribution in [0.25, 0.3) is 0 Å². The standard InChI is InChI=1S/C24H30N2O4/c1-24(2,3)30-23(28)26-16-14-19(15-17-26)25(4)22(27)18-10-12-21(13-11-18)29-20-8-6-5-7-9-20/h5-13,19H,14-17H2,1-4H3. The lowest BCUT2D eigenvalue weighted by atomic mass is 10.0. The van der Waals surface area contributed by atoms with Crippen molar-refractivity contribution in [3.05, 3.63) is 60.2 Å². The van der Waals surface area contributed by atoms with E-state index in [4.69, 9.17) is 9.47 Å². The van der Waals surface area contributed by atoms with Crippen molar-refractivity contribution in [3.8, 4) is 11.5 Å². The zero-order chi connectivity index (χ0) is 21.7. The van der Waals surface area contributed by atoms with Crippen molar-refractivity contribution in [2.75, 3.05) is 20.1 Å². The Kier molecular flexibility index (Phi) is 6.65. The Balaban J connectivity index is 1.54. The number of carbonyl (C=O) groups excluding carboxylic acids is 2. The number of benzene rings is 2. The third-order valence-electron chi connectivity index (χ3n) is 5.06. The number of amides is 2. The second-order valence-corrected chi connectivity index (χ2v) is 8.55. The van der Waals surface area contributed by atoms with Crippen LogP contribution in [-0.2, 0) is 4.74 Å². The van der Waals surface area contributed by atoms with Crippen LogP contribution in [0.1, 0.15) is 44.0 Å². The fourth-order valence-corrected chi connectivity index (χ4v) is 3.42. The first-order valence-electron chi connectivity index (χ1n) is 10.3. The number of carbonyl (C=O) groups is 2. The number of piperidine rings is 1. The molecule has 2 aromatic rings. The average molecular weight is 411 g/mol. The summed E-state index contributed by atoms with van der Waals surface area (Å²) in [7, 11) is 1.82. The Morgan fingerprint density at radius 1 is 0.933 bits per heavy atom. The molecule has 3 rings (SSSR count). The van der Waals surface area contributed by atoms with Crippen LogP contribution in [0.5, 0.6) is 11.5 Å². The summed E-state index contributed by atoms with van der Waals surface area (Å²) in [5, 5.41) is 0. The smallest absolute Gasteiger partial charge is 0.410 e. The second-order valence-electron chi connectivity index (χ2n) is 8.55. The minimum atomic E-state index is -0.503. The highest BCUT2D eigenvalue weighted by Crippen LogP contribution is 2.23. The third kappa shape index (κ3) is 5.75. The molecule has 2 aromatic carbocycles. The summed E-state index contributed by atoms with van der Waals surface area (Å²) in [5.74, 6) is 1.41. The molecule has 0 atom stereocenters. The highest BCUT2D eigenvalue weighted by molar-refractivity contribution is 5.94. The molecule has 1 aliphatic heterocycles. The van der Waals surface area contributed by atoms with Gasteiger partial charge in [-0.15, -0.1) is 0 Å². The van der Waals surface area contributed by atoms with Crippen molar-refractivity contribution in [1.82, 2.24) is 9.80 Å². The lowest BCUT2D eigenvalue weighted by Crippen LogP contribution is -2.48. The van der Waals surface area contributed by atoms with Gasteiger partial charge in [0, 0.05) is 31.7 Å². The number of rotatable bonds is 4. The van der Waals surface area contributed by atoms with E-state index < -0.39 is 5.60 Å². The van der Waals surface area contributed by atoms with Gasteiger partial charge in [-0.2, -0.15) is 0 Å². The highest BCUT2D eigenvalue weighted by atomic mass is 16.6. The van der Waals surface area contributed by atoms with Gasteiger partial charge in [0.15, 0.2) is 0 Å². The van der Waals surface area contributed by atoms with E-state index in [2.05, 4.69) is 0 Å². The van der Waals surface area contributed by atoms with Crippen molar-refractivity contribution in [2.45, 2.75) is 45.3 Å². The van der Waals surface area contributed by atoms with Crippen LogP contribution in [0.4, 0.5) is 4.79 Å². The maximum Gasteiger partial charge on any atom is 0.410 e. The molecule has 1 aliphatic rings.